The Bertz CT molecular complexity index is 1110. The molecular weight excluding hydrogens is 488 g/mol. The second kappa shape index (κ2) is 11.7. The van der Waals surface area contributed by atoms with E-state index in [2.05, 4.69) is 23.5 Å². The first-order chi connectivity index (χ1) is 17.1. The van der Waals surface area contributed by atoms with Crippen molar-refractivity contribution in [3.8, 4) is 0 Å². The van der Waals surface area contributed by atoms with E-state index in [1.807, 2.05) is 41.3 Å². The van der Waals surface area contributed by atoms with Crippen LogP contribution in [0.4, 0.5) is 0 Å². The molecule has 2 atom stereocenters. The first-order valence-electron chi connectivity index (χ1n) is 12.9. The highest BCUT2D eigenvalue weighted by molar-refractivity contribution is 5.91. The molecule has 0 aromatic heterocycles. The zero-order chi connectivity index (χ0) is 25.9. The number of hydrogen-bond donors (Lipinski definition) is 3. The van der Waals surface area contributed by atoms with Gasteiger partial charge >= 0.3 is 0 Å². The first kappa shape index (κ1) is 28.7. The second-order valence-corrected chi connectivity index (χ2v) is 11.0. The number of amides is 3. The number of halogens is 1. The van der Waals surface area contributed by atoms with Crippen molar-refractivity contribution in [2.75, 3.05) is 13.1 Å². The van der Waals surface area contributed by atoms with E-state index in [0.717, 1.165) is 31.2 Å². The largest absolute Gasteiger partial charge is 0.369 e. The molecule has 1 aliphatic heterocycles. The minimum atomic E-state index is -1.07. The Balaban J connectivity index is 0.00000380. The van der Waals surface area contributed by atoms with E-state index >= 15 is 0 Å². The molecule has 7 nitrogen and oxygen atoms in total. The first-order valence-corrected chi connectivity index (χ1v) is 12.9. The van der Waals surface area contributed by atoms with E-state index < -0.39 is 11.6 Å². The van der Waals surface area contributed by atoms with Crippen molar-refractivity contribution >= 4 is 30.1 Å². The number of benzene rings is 2. The molecule has 2 aromatic rings. The van der Waals surface area contributed by atoms with Crippen molar-refractivity contribution in [3.05, 3.63) is 71.3 Å². The molecule has 1 heterocycles. The SMILES string of the molecule is CC(C)(N)C(=O)N[C@H](CCCc1ccccc1)C(=O)N1CCC2(CC1)C[C@@H](C(N)=O)c1ccccc12.Cl. The molecule has 1 spiro atoms. The molecule has 200 valence electrons. The Kier molecular flexibility index (Phi) is 9.03. The van der Waals surface area contributed by atoms with Gasteiger partial charge in [-0.05, 0) is 69.1 Å². The maximum atomic E-state index is 13.6. The van der Waals surface area contributed by atoms with Gasteiger partial charge < -0.3 is 21.7 Å². The number of nitrogens with two attached hydrogens (primary N) is 2. The highest BCUT2D eigenvalue weighted by atomic mass is 35.5. The minimum absolute atomic E-state index is 0. The zero-order valence-corrected chi connectivity index (χ0v) is 22.6. The van der Waals surface area contributed by atoms with E-state index in [1.165, 1.54) is 11.1 Å². The lowest BCUT2D eigenvalue weighted by Gasteiger charge is -2.41. The summed E-state index contributed by atoms with van der Waals surface area (Å²) >= 11 is 0. The Morgan fingerprint density at radius 3 is 2.30 bits per heavy atom. The number of nitrogens with zero attached hydrogens (tertiary/aromatic N) is 1. The standard InChI is InChI=1S/C29H38N4O3.ClH/c1-28(2,31)27(36)32-24(14-8-11-20-9-4-3-5-10-20)26(35)33-17-15-29(16-18-33)19-22(25(30)34)21-12-6-7-13-23(21)29;/h3-7,9-10,12-13,22,24H,8,11,14-19,31H2,1-2H3,(H2,30,34)(H,32,36);1H/t22-,24-;/m1./s1. The molecule has 2 aromatic carbocycles. The maximum Gasteiger partial charge on any atom is 0.245 e. The van der Waals surface area contributed by atoms with Gasteiger partial charge in [0.15, 0.2) is 0 Å². The van der Waals surface area contributed by atoms with Crippen LogP contribution in [0, 0.1) is 0 Å². The quantitative estimate of drug-likeness (QED) is 0.489. The van der Waals surface area contributed by atoms with Crippen molar-refractivity contribution in [2.45, 2.75) is 75.3 Å². The van der Waals surface area contributed by atoms with E-state index in [4.69, 9.17) is 11.5 Å². The van der Waals surface area contributed by atoms with E-state index in [9.17, 15) is 14.4 Å². The van der Waals surface area contributed by atoms with Crippen molar-refractivity contribution in [1.82, 2.24) is 10.2 Å². The Morgan fingerprint density at radius 1 is 1.05 bits per heavy atom. The molecule has 37 heavy (non-hydrogen) atoms. The number of primary amides is 1. The van der Waals surface area contributed by atoms with Gasteiger partial charge in [-0.1, -0.05) is 54.6 Å². The van der Waals surface area contributed by atoms with Gasteiger partial charge in [-0.15, -0.1) is 12.4 Å². The van der Waals surface area contributed by atoms with Gasteiger partial charge in [0.05, 0.1) is 11.5 Å². The number of piperidine rings is 1. The van der Waals surface area contributed by atoms with Crippen LogP contribution in [0.1, 0.15) is 68.6 Å². The lowest BCUT2D eigenvalue weighted by atomic mass is 9.73. The summed E-state index contributed by atoms with van der Waals surface area (Å²) in [4.78, 5) is 40.3. The van der Waals surface area contributed by atoms with Crippen molar-refractivity contribution in [2.24, 2.45) is 11.5 Å². The lowest BCUT2D eigenvalue weighted by molar-refractivity contribution is -0.139. The molecule has 0 saturated carbocycles. The molecule has 4 rings (SSSR count). The number of nitrogens with one attached hydrogen (secondary N) is 1. The summed E-state index contributed by atoms with van der Waals surface area (Å²) in [5.41, 5.74) is 14.0. The topological polar surface area (TPSA) is 119 Å². The molecule has 8 heteroatoms. The highest BCUT2D eigenvalue weighted by Crippen LogP contribution is 2.51. The van der Waals surface area contributed by atoms with Crippen molar-refractivity contribution < 1.29 is 14.4 Å². The minimum Gasteiger partial charge on any atom is -0.369 e. The van der Waals surface area contributed by atoms with Crippen molar-refractivity contribution in [1.29, 1.82) is 0 Å². The fourth-order valence-corrected chi connectivity index (χ4v) is 5.75. The predicted molar refractivity (Wildman–Crippen MR) is 147 cm³/mol. The lowest BCUT2D eigenvalue weighted by Crippen LogP contribution is -2.57. The Morgan fingerprint density at radius 2 is 1.68 bits per heavy atom. The van der Waals surface area contributed by atoms with Crippen LogP contribution in [0.15, 0.2) is 54.6 Å². The summed E-state index contributed by atoms with van der Waals surface area (Å²) in [6, 6.07) is 17.6. The molecule has 1 aliphatic carbocycles. The molecule has 2 aliphatic rings. The van der Waals surface area contributed by atoms with Gasteiger partial charge in [0.25, 0.3) is 0 Å². The summed E-state index contributed by atoms with van der Waals surface area (Å²) in [5.74, 6) is -0.958. The van der Waals surface area contributed by atoms with Crippen LogP contribution in [-0.2, 0) is 26.2 Å². The third kappa shape index (κ3) is 6.33. The number of carbonyl (C=O) groups is 3. The Labute approximate surface area is 225 Å². The maximum absolute atomic E-state index is 13.6. The van der Waals surface area contributed by atoms with Crippen LogP contribution >= 0.6 is 12.4 Å². The average molecular weight is 527 g/mol. The van der Waals surface area contributed by atoms with Crippen LogP contribution in [-0.4, -0.2) is 47.3 Å². The summed E-state index contributed by atoms with van der Waals surface area (Å²) < 4.78 is 0. The Hall–Kier alpha value is -2.90. The van der Waals surface area contributed by atoms with Crippen LogP contribution in [0.25, 0.3) is 0 Å². The predicted octanol–water partition coefficient (Wildman–Crippen LogP) is 3.19. The molecule has 5 N–H and O–H groups in total. The number of rotatable bonds is 8. The summed E-state index contributed by atoms with van der Waals surface area (Å²) in [6.07, 6.45) is 4.39. The third-order valence-electron chi connectivity index (χ3n) is 7.87. The van der Waals surface area contributed by atoms with Gasteiger partial charge in [0, 0.05) is 18.5 Å². The number of aryl methyl sites for hydroxylation is 1. The molecule has 0 bridgehead atoms. The van der Waals surface area contributed by atoms with E-state index in [0.29, 0.717) is 25.9 Å². The van der Waals surface area contributed by atoms with Crippen LogP contribution in [0.5, 0.6) is 0 Å². The third-order valence-corrected chi connectivity index (χ3v) is 7.87. The van der Waals surface area contributed by atoms with Crippen LogP contribution < -0.4 is 16.8 Å². The highest BCUT2D eigenvalue weighted by Gasteiger charge is 2.47. The van der Waals surface area contributed by atoms with Gasteiger partial charge in [0.1, 0.15) is 6.04 Å². The average Bonchev–Trinajstić information content (AvgIpc) is 3.18. The molecule has 0 unspecified atom stereocenters. The summed E-state index contributed by atoms with van der Waals surface area (Å²) in [7, 11) is 0. The van der Waals surface area contributed by atoms with Crippen LogP contribution in [0.2, 0.25) is 0 Å². The number of fused-ring (bicyclic) bond motifs is 2. The monoisotopic (exact) mass is 526 g/mol. The van der Waals surface area contributed by atoms with Gasteiger partial charge in [-0.2, -0.15) is 0 Å². The van der Waals surface area contributed by atoms with E-state index in [-0.39, 0.29) is 41.5 Å². The number of carbonyl (C=O) groups excluding carboxylic acids is 3. The van der Waals surface area contributed by atoms with Gasteiger partial charge in [-0.25, -0.2) is 0 Å². The normalized spacial score (nSPS) is 19.0. The zero-order valence-electron chi connectivity index (χ0n) is 21.7. The summed E-state index contributed by atoms with van der Waals surface area (Å²) in [6.45, 7) is 4.45. The number of hydrogen-bond acceptors (Lipinski definition) is 4. The smallest absolute Gasteiger partial charge is 0.245 e. The molecule has 1 fully saturated rings. The van der Waals surface area contributed by atoms with Gasteiger partial charge in [-0.3, -0.25) is 14.4 Å². The molecule has 0 radical (unpaired) electrons. The fraction of sp³-hybridized carbons (Fsp3) is 0.483. The van der Waals surface area contributed by atoms with Crippen LogP contribution in [0.3, 0.4) is 0 Å². The molecule has 3 amide bonds. The number of likely N-dealkylation sites (tertiary alicyclic amines) is 1. The fourth-order valence-electron chi connectivity index (χ4n) is 5.75. The molecule has 1 saturated heterocycles. The van der Waals surface area contributed by atoms with Gasteiger partial charge in [0.2, 0.25) is 17.7 Å². The van der Waals surface area contributed by atoms with Crippen molar-refractivity contribution in [3.63, 3.8) is 0 Å². The molecular formula is C29H39ClN4O3. The second-order valence-electron chi connectivity index (χ2n) is 11.0. The summed E-state index contributed by atoms with van der Waals surface area (Å²) in [5, 5.41) is 2.92. The van der Waals surface area contributed by atoms with E-state index in [1.54, 1.807) is 13.8 Å².